The zero-order valence-corrected chi connectivity index (χ0v) is 18.8. The van der Waals surface area contributed by atoms with Crippen LogP contribution >= 0.6 is 24.0 Å². The number of hydrogen-bond donors (Lipinski definition) is 3. The lowest BCUT2D eigenvalue weighted by Gasteiger charge is -2.22. The fourth-order valence-corrected chi connectivity index (χ4v) is 4.73. The van der Waals surface area contributed by atoms with Crippen molar-refractivity contribution in [1.29, 1.82) is 0 Å². The standard InChI is InChI=1S/C21H32N4O.HI/c1-14-11-16(13-25(14)17-8-9-17)24-21(22-2)23-12-19-18-6-4-3-5-15(18)7-10-20(19)26;/h7,10,14,16-17,26H,3-6,8-9,11-13H2,1-2H3,(H2,22,23,24);1H. The minimum Gasteiger partial charge on any atom is -0.508 e. The number of hydrogen-bond acceptors (Lipinski definition) is 3. The zero-order valence-electron chi connectivity index (χ0n) is 16.5. The van der Waals surface area contributed by atoms with Crippen molar-refractivity contribution in [3.8, 4) is 5.75 Å². The second-order valence-corrected chi connectivity index (χ2v) is 8.19. The van der Waals surface area contributed by atoms with Crippen molar-refractivity contribution < 1.29 is 5.11 Å². The third-order valence-electron chi connectivity index (χ3n) is 6.26. The summed E-state index contributed by atoms with van der Waals surface area (Å²) < 4.78 is 0. The maximum absolute atomic E-state index is 10.4. The number of aliphatic imine (C=N–C) groups is 1. The average molecular weight is 484 g/mol. The van der Waals surface area contributed by atoms with E-state index in [0.717, 1.165) is 37.0 Å². The van der Waals surface area contributed by atoms with Crippen LogP contribution in [0, 0.1) is 0 Å². The molecular weight excluding hydrogens is 451 g/mol. The quantitative estimate of drug-likeness (QED) is 0.349. The normalized spacial score (nSPS) is 25.6. The van der Waals surface area contributed by atoms with Gasteiger partial charge in [-0.25, -0.2) is 0 Å². The monoisotopic (exact) mass is 484 g/mol. The van der Waals surface area contributed by atoms with E-state index in [9.17, 15) is 5.11 Å². The molecule has 1 saturated heterocycles. The molecule has 3 N–H and O–H groups in total. The van der Waals surface area contributed by atoms with E-state index in [0.29, 0.717) is 24.4 Å². The molecule has 0 bridgehead atoms. The van der Waals surface area contributed by atoms with E-state index in [4.69, 9.17) is 0 Å². The first kappa shape index (κ1) is 20.7. The fourth-order valence-electron chi connectivity index (χ4n) is 4.73. The second-order valence-electron chi connectivity index (χ2n) is 8.19. The molecule has 0 aromatic heterocycles. The van der Waals surface area contributed by atoms with Crippen molar-refractivity contribution in [2.45, 2.75) is 76.5 Å². The van der Waals surface area contributed by atoms with Crippen LogP contribution in [0.2, 0.25) is 0 Å². The first-order chi connectivity index (χ1) is 12.7. The molecule has 1 aromatic carbocycles. The number of phenols is 1. The van der Waals surface area contributed by atoms with E-state index < -0.39 is 0 Å². The topological polar surface area (TPSA) is 59.9 Å². The number of rotatable bonds is 4. The number of guanidine groups is 1. The van der Waals surface area contributed by atoms with Crippen LogP contribution in [0.15, 0.2) is 17.1 Å². The first-order valence-electron chi connectivity index (χ1n) is 10.2. The molecule has 150 valence electrons. The van der Waals surface area contributed by atoms with Gasteiger partial charge in [-0.2, -0.15) is 0 Å². The first-order valence-corrected chi connectivity index (χ1v) is 10.2. The van der Waals surface area contributed by atoms with Gasteiger partial charge >= 0.3 is 0 Å². The van der Waals surface area contributed by atoms with Crippen molar-refractivity contribution in [3.63, 3.8) is 0 Å². The highest BCUT2D eigenvalue weighted by Crippen LogP contribution is 2.33. The van der Waals surface area contributed by atoms with Crippen LogP contribution in [-0.2, 0) is 19.4 Å². The maximum Gasteiger partial charge on any atom is 0.191 e. The molecule has 1 saturated carbocycles. The Bertz CT molecular complexity index is 689. The van der Waals surface area contributed by atoms with Crippen LogP contribution in [0.25, 0.3) is 0 Å². The van der Waals surface area contributed by atoms with Crippen LogP contribution in [0.5, 0.6) is 5.75 Å². The number of phenolic OH excluding ortho intramolecular Hbond substituents is 1. The molecule has 0 radical (unpaired) electrons. The Balaban J connectivity index is 0.00000210. The Hall–Kier alpha value is -1.02. The summed E-state index contributed by atoms with van der Waals surface area (Å²) in [6.45, 7) is 4.08. The molecule has 2 atom stereocenters. The van der Waals surface area contributed by atoms with Crippen LogP contribution in [-0.4, -0.2) is 47.7 Å². The molecule has 5 nitrogen and oxygen atoms in total. The van der Waals surface area contributed by atoms with Crippen LogP contribution in [0.3, 0.4) is 0 Å². The predicted molar refractivity (Wildman–Crippen MR) is 121 cm³/mol. The van der Waals surface area contributed by atoms with Gasteiger partial charge in [0.15, 0.2) is 5.96 Å². The number of nitrogens with one attached hydrogen (secondary N) is 2. The molecule has 1 heterocycles. The highest BCUT2D eigenvalue weighted by atomic mass is 127. The van der Waals surface area contributed by atoms with Crippen LogP contribution in [0.4, 0.5) is 0 Å². The van der Waals surface area contributed by atoms with Crippen LogP contribution in [0.1, 0.15) is 55.7 Å². The summed E-state index contributed by atoms with van der Waals surface area (Å²) in [5.41, 5.74) is 3.79. The van der Waals surface area contributed by atoms with Gasteiger partial charge < -0.3 is 15.7 Å². The van der Waals surface area contributed by atoms with E-state index in [-0.39, 0.29) is 24.0 Å². The lowest BCUT2D eigenvalue weighted by atomic mass is 9.88. The Labute approximate surface area is 180 Å². The third kappa shape index (κ3) is 4.70. The third-order valence-corrected chi connectivity index (χ3v) is 6.26. The largest absolute Gasteiger partial charge is 0.508 e. The Kier molecular flexibility index (Phi) is 6.89. The smallest absolute Gasteiger partial charge is 0.191 e. The van der Waals surface area contributed by atoms with E-state index in [2.05, 4.69) is 33.5 Å². The molecule has 4 rings (SSSR count). The summed E-state index contributed by atoms with van der Waals surface area (Å²) in [7, 11) is 1.83. The van der Waals surface area contributed by atoms with Gasteiger partial charge in [0.1, 0.15) is 5.75 Å². The zero-order chi connectivity index (χ0) is 18.1. The van der Waals surface area contributed by atoms with Gasteiger partial charge in [-0.15, -0.1) is 24.0 Å². The van der Waals surface area contributed by atoms with Crippen molar-refractivity contribution >= 4 is 29.9 Å². The fraction of sp³-hybridized carbons (Fsp3) is 0.667. The number of fused-ring (bicyclic) bond motifs is 1. The highest BCUT2D eigenvalue weighted by Gasteiger charge is 2.38. The molecule has 27 heavy (non-hydrogen) atoms. The van der Waals surface area contributed by atoms with Gasteiger partial charge in [0.25, 0.3) is 0 Å². The number of aromatic hydroxyl groups is 1. The van der Waals surface area contributed by atoms with Crippen molar-refractivity contribution in [2.75, 3.05) is 13.6 Å². The number of aryl methyl sites for hydroxylation is 1. The Morgan fingerprint density at radius 1 is 1.26 bits per heavy atom. The lowest BCUT2D eigenvalue weighted by molar-refractivity contribution is 0.256. The molecule has 0 amide bonds. The highest BCUT2D eigenvalue weighted by molar-refractivity contribution is 14.0. The minimum absolute atomic E-state index is 0. The summed E-state index contributed by atoms with van der Waals surface area (Å²) in [5, 5.41) is 17.4. The molecule has 1 aromatic rings. The molecule has 6 heteroatoms. The number of nitrogens with zero attached hydrogens (tertiary/aromatic N) is 2. The van der Waals surface area contributed by atoms with Gasteiger partial charge in [0.05, 0.1) is 0 Å². The second kappa shape index (κ2) is 8.99. The van der Waals surface area contributed by atoms with E-state index >= 15 is 0 Å². The van der Waals surface area contributed by atoms with Crippen molar-refractivity contribution in [2.24, 2.45) is 4.99 Å². The Morgan fingerprint density at radius 3 is 2.78 bits per heavy atom. The summed E-state index contributed by atoms with van der Waals surface area (Å²) in [4.78, 5) is 7.06. The van der Waals surface area contributed by atoms with Gasteiger partial charge in [-0.05, 0) is 69.1 Å². The van der Waals surface area contributed by atoms with Gasteiger partial charge in [-0.1, -0.05) is 6.07 Å². The molecule has 1 aliphatic heterocycles. The molecule has 2 unspecified atom stereocenters. The van der Waals surface area contributed by atoms with Gasteiger partial charge in [0.2, 0.25) is 0 Å². The van der Waals surface area contributed by atoms with Crippen molar-refractivity contribution in [1.82, 2.24) is 15.5 Å². The number of benzene rings is 1. The molecule has 0 spiro atoms. The summed E-state index contributed by atoms with van der Waals surface area (Å²) in [6, 6.07) is 5.87. The van der Waals surface area contributed by atoms with Crippen molar-refractivity contribution in [3.05, 3.63) is 28.8 Å². The van der Waals surface area contributed by atoms with E-state index in [1.807, 2.05) is 13.1 Å². The van der Waals surface area contributed by atoms with E-state index in [1.165, 1.54) is 43.2 Å². The Morgan fingerprint density at radius 2 is 2.04 bits per heavy atom. The summed E-state index contributed by atoms with van der Waals surface area (Å²) in [5.74, 6) is 1.25. The molecular formula is C21H33IN4O. The molecule has 3 aliphatic rings. The maximum atomic E-state index is 10.4. The lowest BCUT2D eigenvalue weighted by Crippen LogP contribution is -2.44. The number of likely N-dealkylation sites (tertiary alicyclic amines) is 1. The molecule has 2 fully saturated rings. The van der Waals surface area contributed by atoms with Gasteiger partial charge in [0, 0.05) is 43.8 Å². The predicted octanol–water partition coefficient (Wildman–Crippen LogP) is 3.18. The summed E-state index contributed by atoms with van der Waals surface area (Å²) >= 11 is 0. The SMILES string of the molecule is CN=C(NCc1c(O)ccc2c1CCCC2)NC1CC(C)N(C2CC2)C1.I. The number of halogens is 1. The minimum atomic E-state index is 0. The average Bonchev–Trinajstić information content (AvgIpc) is 3.43. The van der Waals surface area contributed by atoms with Gasteiger partial charge in [-0.3, -0.25) is 9.89 Å². The molecule has 2 aliphatic carbocycles. The summed E-state index contributed by atoms with van der Waals surface area (Å²) in [6.07, 6.45) is 8.57. The van der Waals surface area contributed by atoms with E-state index in [1.54, 1.807) is 0 Å². The van der Waals surface area contributed by atoms with Crippen LogP contribution < -0.4 is 10.6 Å².